The normalized spacial score (nSPS) is 11.8. The van der Waals surface area contributed by atoms with Gasteiger partial charge < -0.3 is 20.4 Å². The predicted molar refractivity (Wildman–Crippen MR) is 101 cm³/mol. The summed E-state index contributed by atoms with van der Waals surface area (Å²) in [5, 5.41) is 7.83. The number of amides is 1. The van der Waals surface area contributed by atoms with E-state index in [1.165, 1.54) is 5.56 Å². The Morgan fingerprint density at radius 1 is 1.46 bits per heavy atom. The summed E-state index contributed by atoms with van der Waals surface area (Å²) in [7, 11) is 3.91. The number of aliphatic imine (C=N–C) groups is 1. The highest BCUT2D eigenvalue weighted by Crippen LogP contribution is 2.18. The van der Waals surface area contributed by atoms with E-state index in [1.54, 1.807) is 12.1 Å². The second kappa shape index (κ2) is 8.55. The number of nitrogens with zero attached hydrogens (tertiary/aromatic N) is 4. The molecule has 2 aromatic rings. The first-order chi connectivity index (χ1) is 12.3. The van der Waals surface area contributed by atoms with Crippen molar-refractivity contribution in [3.8, 4) is 0 Å². The molecule has 0 fully saturated rings. The summed E-state index contributed by atoms with van der Waals surface area (Å²) in [6.45, 7) is 8.06. The molecule has 0 radical (unpaired) electrons. The van der Waals surface area contributed by atoms with Crippen LogP contribution in [-0.2, 0) is 20.1 Å². The number of aryl methyl sites for hydroxylation is 1. The lowest BCUT2D eigenvalue weighted by Crippen LogP contribution is -2.38. The number of rotatable bonds is 7. The van der Waals surface area contributed by atoms with Crippen molar-refractivity contribution in [3.05, 3.63) is 41.1 Å². The third kappa shape index (κ3) is 4.87. The lowest BCUT2D eigenvalue weighted by atomic mass is 10.1. The molecular weight excluding hydrogens is 332 g/mol. The minimum Gasteiger partial charge on any atom is -0.454 e. The van der Waals surface area contributed by atoms with Gasteiger partial charge in [-0.15, -0.1) is 0 Å². The van der Waals surface area contributed by atoms with Crippen molar-refractivity contribution in [1.82, 2.24) is 20.0 Å². The van der Waals surface area contributed by atoms with Gasteiger partial charge in [0.05, 0.1) is 5.69 Å². The molecule has 142 valence electrons. The monoisotopic (exact) mass is 360 g/mol. The van der Waals surface area contributed by atoms with Crippen molar-refractivity contribution in [1.29, 1.82) is 0 Å². The molecule has 0 aliphatic heterocycles. The third-order valence-corrected chi connectivity index (χ3v) is 3.88. The number of furan rings is 1. The molecule has 0 saturated carbocycles. The minimum atomic E-state index is -0.581. The van der Waals surface area contributed by atoms with Crippen LogP contribution in [0.4, 0.5) is 0 Å². The van der Waals surface area contributed by atoms with Crippen molar-refractivity contribution >= 4 is 11.9 Å². The zero-order valence-electron chi connectivity index (χ0n) is 16.1. The Bertz CT molecular complexity index is 774. The number of hydrogen-bond acceptors (Lipinski definition) is 4. The van der Waals surface area contributed by atoms with Gasteiger partial charge in [0.1, 0.15) is 12.3 Å². The van der Waals surface area contributed by atoms with E-state index >= 15 is 0 Å². The molecule has 0 aliphatic carbocycles. The van der Waals surface area contributed by atoms with Gasteiger partial charge in [0.25, 0.3) is 5.91 Å². The van der Waals surface area contributed by atoms with Crippen molar-refractivity contribution in [2.75, 3.05) is 13.6 Å². The van der Waals surface area contributed by atoms with Crippen LogP contribution in [0.2, 0.25) is 0 Å². The minimum absolute atomic E-state index is 0.144. The van der Waals surface area contributed by atoms with E-state index in [-0.39, 0.29) is 5.76 Å². The number of guanidine groups is 1. The highest BCUT2D eigenvalue weighted by Gasteiger charge is 2.15. The Hall–Kier alpha value is -2.77. The van der Waals surface area contributed by atoms with Gasteiger partial charge in [-0.3, -0.25) is 9.48 Å². The summed E-state index contributed by atoms with van der Waals surface area (Å²) < 4.78 is 7.23. The Kier molecular flexibility index (Phi) is 6.43. The molecule has 0 spiro atoms. The van der Waals surface area contributed by atoms with Crippen LogP contribution >= 0.6 is 0 Å². The second-order valence-electron chi connectivity index (χ2n) is 6.52. The van der Waals surface area contributed by atoms with E-state index in [9.17, 15) is 4.79 Å². The van der Waals surface area contributed by atoms with Crippen molar-refractivity contribution < 1.29 is 9.21 Å². The smallest absolute Gasteiger partial charge is 0.284 e. The van der Waals surface area contributed by atoms with Gasteiger partial charge in [-0.25, -0.2) is 4.99 Å². The number of hydrogen-bond donors (Lipinski definition) is 2. The van der Waals surface area contributed by atoms with Crippen LogP contribution in [0.15, 0.2) is 27.7 Å². The van der Waals surface area contributed by atoms with E-state index in [4.69, 9.17) is 10.2 Å². The molecule has 26 heavy (non-hydrogen) atoms. The molecule has 2 heterocycles. The van der Waals surface area contributed by atoms with E-state index in [1.807, 2.05) is 36.8 Å². The van der Waals surface area contributed by atoms with Gasteiger partial charge in [-0.05, 0) is 25.0 Å². The predicted octanol–water partition coefficient (Wildman–Crippen LogP) is 1.83. The van der Waals surface area contributed by atoms with Crippen molar-refractivity contribution in [2.45, 2.75) is 39.8 Å². The largest absolute Gasteiger partial charge is 0.454 e. The molecule has 2 aromatic heterocycles. The van der Waals surface area contributed by atoms with Crippen LogP contribution in [0.25, 0.3) is 0 Å². The van der Waals surface area contributed by atoms with Gasteiger partial charge in [0.2, 0.25) is 0 Å². The number of carbonyl (C=O) groups excluding carboxylic acids is 1. The molecule has 0 aliphatic rings. The van der Waals surface area contributed by atoms with E-state index < -0.39 is 5.91 Å². The fraction of sp³-hybridized carbons (Fsp3) is 0.500. The zero-order valence-corrected chi connectivity index (χ0v) is 16.1. The summed E-state index contributed by atoms with van der Waals surface area (Å²) in [5.74, 6) is 1.26. The maximum absolute atomic E-state index is 11.1. The topological polar surface area (TPSA) is 102 Å². The first-order valence-corrected chi connectivity index (χ1v) is 8.72. The van der Waals surface area contributed by atoms with E-state index in [2.05, 4.69) is 29.3 Å². The SMILES string of the molecule is CCNC(=NCc1ccc(C(N)=O)o1)N(C)Cc1cn(C)nc1C(C)C. The molecule has 0 bridgehead atoms. The summed E-state index contributed by atoms with van der Waals surface area (Å²) in [6, 6.07) is 3.28. The van der Waals surface area contributed by atoms with Crippen LogP contribution in [0.3, 0.4) is 0 Å². The lowest BCUT2D eigenvalue weighted by molar-refractivity contribution is 0.0972. The van der Waals surface area contributed by atoms with Crippen molar-refractivity contribution in [2.24, 2.45) is 17.8 Å². The standard InChI is InChI=1S/C18H28N6O2/c1-6-20-18(21-9-14-7-8-15(26-14)17(19)25)23(4)10-13-11-24(5)22-16(13)12(2)3/h7-8,11-12H,6,9-10H2,1-5H3,(H2,19,25)(H,20,21). The summed E-state index contributed by atoms with van der Waals surface area (Å²) in [4.78, 5) is 17.8. The maximum atomic E-state index is 11.1. The molecule has 8 heteroatoms. The summed E-state index contributed by atoms with van der Waals surface area (Å²) in [6.07, 6.45) is 2.04. The molecule has 8 nitrogen and oxygen atoms in total. The quantitative estimate of drug-likeness (QED) is 0.579. The molecule has 0 atom stereocenters. The fourth-order valence-corrected chi connectivity index (χ4v) is 2.71. The number of aromatic nitrogens is 2. The van der Waals surface area contributed by atoms with Gasteiger partial charge in [-0.2, -0.15) is 5.10 Å². The van der Waals surface area contributed by atoms with Gasteiger partial charge in [0, 0.05) is 38.9 Å². The lowest BCUT2D eigenvalue weighted by Gasteiger charge is -2.22. The second-order valence-corrected chi connectivity index (χ2v) is 6.52. The molecule has 0 unspecified atom stereocenters. The van der Waals surface area contributed by atoms with Crippen LogP contribution < -0.4 is 11.1 Å². The van der Waals surface area contributed by atoms with Gasteiger partial charge in [-0.1, -0.05) is 13.8 Å². The molecule has 2 rings (SSSR count). The Morgan fingerprint density at radius 2 is 2.19 bits per heavy atom. The number of nitrogens with one attached hydrogen (secondary N) is 1. The first kappa shape index (κ1) is 19.6. The van der Waals surface area contributed by atoms with E-state index in [0.29, 0.717) is 24.8 Å². The number of primary amides is 1. The molecule has 1 amide bonds. The summed E-state index contributed by atoms with van der Waals surface area (Å²) >= 11 is 0. The molecule has 0 saturated heterocycles. The maximum Gasteiger partial charge on any atom is 0.284 e. The average molecular weight is 360 g/mol. The average Bonchev–Trinajstić information content (AvgIpc) is 3.18. The van der Waals surface area contributed by atoms with Crippen LogP contribution in [0, 0.1) is 0 Å². The fourth-order valence-electron chi connectivity index (χ4n) is 2.71. The number of carbonyl (C=O) groups is 1. The van der Waals surface area contributed by atoms with E-state index in [0.717, 1.165) is 18.2 Å². The zero-order chi connectivity index (χ0) is 19.3. The Balaban J connectivity index is 2.13. The van der Waals surface area contributed by atoms with Crippen LogP contribution in [-0.4, -0.2) is 40.1 Å². The Morgan fingerprint density at radius 3 is 2.77 bits per heavy atom. The van der Waals surface area contributed by atoms with Crippen molar-refractivity contribution in [3.63, 3.8) is 0 Å². The highest BCUT2D eigenvalue weighted by molar-refractivity contribution is 5.89. The van der Waals surface area contributed by atoms with Gasteiger partial charge >= 0.3 is 0 Å². The molecule has 3 N–H and O–H groups in total. The first-order valence-electron chi connectivity index (χ1n) is 8.72. The summed E-state index contributed by atoms with van der Waals surface area (Å²) in [5.41, 5.74) is 7.47. The molecular formula is C18H28N6O2. The Labute approximate surface area is 154 Å². The number of nitrogens with two attached hydrogens (primary N) is 1. The highest BCUT2D eigenvalue weighted by atomic mass is 16.3. The van der Waals surface area contributed by atoms with Gasteiger partial charge in [0.15, 0.2) is 11.7 Å². The molecule has 0 aromatic carbocycles. The van der Waals surface area contributed by atoms with Crippen LogP contribution in [0.5, 0.6) is 0 Å². The van der Waals surface area contributed by atoms with Crippen LogP contribution in [0.1, 0.15) is 54.3 Å². The third-order valence-electron chi connectivity index (χ3n) is 3.88.